The molecule has 0 radical (unpaired) electrons. The summed E-state index contributed by atoms with van der Waals surface area (Å²) >= 11 is 0. The molecular formula is C13H20. The monoisotopic (exact) mass is 176 g/mol. The van der Waals surface area contributed by atoms with Crippen LogP contribution in [0.2, 0.25) is 0 Å². The second-order valence-corrected chi connectivity index (χ2v) is 2.74. The minimum atomic E-state index is 1.04. The maximum Gasteiger partial charge on any atom is -0.0135 e. The molecule has 0 heteroatoms. The molecule has 0 bridgehead atoms. The van der Waals surface area contributed by atoms with E-state index in [-0.39, 0.29) is 0 Å². The molecule has 0 saturated carbocycles. The van der Waals surface area contributed by atoms with Crippen molar-refractivity contribution in [3.05, 3.63) is 48.1 Å². The van der Waals surface area contributed by atoms with Crippen molar-refractivity contribution in [3.63, 3.8) is 0 Å². The van der Waals surface area contributed by atoms with Gasteiger partial charge in [-0.05, 0) is 19.8 Å². The Morgan fingerprint density at radius 1 is 0.923 bits per heavy atom. The highest BCUT2D eigenvalue weighted by Crippen LogP contribution is 2.03. The number of hydrogen-bond donors (Lipinski definition) is 0. The first-order valence-corrected chi connectivity index (χ1v) is 5.03. The lowest BCUT2D eigenvalue weighted by atomic mass is 10.1. The lowest BCUT2D eigenvalue weighted by Crippen LogP contribution is -1.72. The topological polar surface area (TPSA) is 0 Å². The zero-order valence-corrected chi connectivity index (χ0v) is 8.96. The van der Waals surface area contributed by atoms with E-state index in [4.69, 9.17) is 0 Å². The van der Waals surface area contributed by atoms with E-state index < -0.39 is 0 Å². The van der Waals surface area contributed by atoms with Crippen LogP contribution < -0.4 is 0 Å². The van der Waals surface area contributed by atoms with Crippen LogP contribution in [0.3, 0.4) is 0 Å². The molecule has 1 aliphatic carbocycles. The van der Waals surface area contributed by atoms with E-state index in [1.165, 1.54) is 5.57 Å². The van der Waals surface area contributed by atoms with Gasteiger partial charge in [-0.15, -0.1) is 0 Å². The third-order valence-electron chi connectivity index (χ3n) is 1.61. The van der Waals surface area contributed by atoms with Gasteiger partial charge in [0.05, 0.1) is 0 Å². The third-order valence-corrected chi connectivity index (χ3v) is 1.61. The molecule has 0 N–H and O–H groups in total. The predicted molar refractivity (Wildman–Crippen MR) is 61.8 cm³/mol. The average molecular weight is 176 g/mol. The molecule has 0 aromatic carbocycles. The van der Waals surface area contributed by atoms with Crippen LogP contribution in [0.4, 0.5) is 0 Å². The second kappa shape index (κ2) is 9.05. The first-order valence-electron chi connectivity index (χ1n) is 5.03. The largest absolute Gasteiger partial charge is 0.0808 e. The van der Waals surface area contributed by atoms with E-state index in [1.807, 2.05) is 13.8 Å². The van der Waals surface area contributed by atoms with Crippen LogP contribution in [0.25, 0.3) is 0 Å². The van der Waals surface area contributed by atoms with Gasteiger partial charge in [0.2, 0.25) is 0 Å². The van der Waals surface area contributed by atoms with E-state index in [2.05, 4.69) is 49.5 Å². The van der Waals surface area contributed by atoms with Crippen LogP contribution in [-0.4, -0.2) is 0 Å². The Labute approximate surface area is 82.4 Å². The van der Waals surface area contributed by atoms with E-state index in [9.17, 15) is 0 Å². The Bertz CT molecular complexity index is 214. The van der Waals surface area contributed by atoms with Crippen LogP contribution in [0.5, 0.6) is 0 Å². The molecule has 0 amide bonds. The summed E-state index contributed by atoms with van der Waals surface area (Å²) in [5.74, 6) is 0. The molecule has 0 saturated heterocycles. The van der Waals surface area contributed by atoms with Crippen molar-refractivity contribution in [2.24, 2.45) is 0 Å². The van der Waals surface area contributed by atoms with Crippen LogP contribution in [-0.2, 0) is 0 Å². The fourth-order valence-corrected chi connectivity index (χ4v) is 0.947. The van der Waals surface area contributed by atoms with Crippen molar-refractivity contribution in [2.75, 3.05) is 0 Å². The molecule has 0 unspecified atom stereocenters. The molecule has 0 nitrogen and oxygen atoms in total. The Hall–Kier alpha value is -1.04. The summed E-state index contributed by atoms with van der Waals surface area (Å²) in [6.07, 6.45) is 17.1. The minimum Gasteiger partial charge on any atom is -0.0808 e. The molecule has 72 valence electrons. The third kappa shape index (κ3) is 7.32. The summed E-state index contributed by atoms with van der Waals surface area (Å²) in [4.78, 5) is 0. The van der Waals surface area contributed by atoms with Gasteiger partial charge in [0.25, 0.3) is 0 Å². The van der Waals surface area contributed by atoms with E-state index in [0.717, 1.165) is 12.8 Å². The van der Waals surface area contributed by atoms with Gasteiger partial charge in [0.1, 0.15) is 0 Å². The van der Waals surface area contributed by atoms with E-state index in [1.54, 1.807) is 0 Å². The van der Waals surface area contributed by atoms with Crippen molar-refractivity contribution in [3.8, 4) is 0 Å². The van der Waals surface area contributed by atoms with Crippen LogP contribution in [0.1, 0.15) is 33.6 Å². The standard InChI is InChI=1S/C11H14.C2H6/c1-11-9-7-5-3-2-4-6-8-10-11;1-2/h2-3,5-8,10H,4,9H2,1H3;1-2H3/b3-2-,7-5-,8-6-,11-10-;. The molecule has 13 heavy (non-hydrogen) atoms. The zero-order valence-electron chi connectivity index (χ0n) is 8.96. The first-order chi connectivity index (χ1) is 6.39. The Kier molecular flexibility index (Phi) is 8.33. The Balaban J connectivity index is 0.000000671. The lowest BCUT2D eigenvalue weighted by molar-refractivity contribution is 1.21. The maximum atomic E-state index is 2.18. The van der Waals surface area contributed by atoms with Gasteiger partial charge in [-0.3, -0.25) is 0 Å². The highest BCUT2D eigenvalue weighted by atomic mass is 13.9. The van der Waals surface area contributed by atoms with Crippen LogP contribution >= 0.6 is 0 Å². The number of allylic oxidation sites excluding steroid dienone is 8. The zero-order chi connectivity index (χ0) is 9.94. The predicted octanol–water partition coefficient (Wildman–Crippen LogP) is 4.42. The first kappa shape index (κ1) is 12.0. The van der Waals surface area contributed by atoms with Crippen molar-refractivity contribution < 1.29 is 0 Å². The van der Waals surface area contributed by atoms with E-state index in [0.29, 0.717) is 0 Å². The van der Waals surface area contributed by atoms with Gasteiger partial charge < -0.3 is 0 Å². The molecule has 1 rings (SSSR count). The van der Waals surface area contributed by atoms with Crippen molar-refractivity contribution in [1.82, 2.24) is 0 Å². The van der Waals surface area contributed by atoms with Gasteiger partial charge in [-0.25, -0.2) is 0 Å². The van der Waals surface area contributed by atoms with Crippen molar-refractivity contribution in [1.29, 1.82) is 0 Å². The summed E-state index contributed by atoms with van der Waals surface area (Å²) in [6, 6.07) is 0. The highest BCUT2D eigenvalue weighted by molar-refractivity contribution is 5.17. The van der Waals surface area contributed by atoms with Gasteiger partial charge in [-0.2, -0.15) is 0 Å². The van der Waals surface area contributed by atoms with Gasteiger partial charge in [-0.1, -0.05) is 62.0 Å². The highest BCUT2D eigenvalue weighted by Gasteiger charge is 1.82. The number of rotatable bonds is 0. The van der Waals surface area contributed by atoms with Crippen LogP contribution in [0.15, 0.2) is 48.1 Å². The van der Waals surface area contributed by atoms with Gasteiger partial charge in [0, 0.05) is 0 Å². The van der Waals surface area contributed by atoms with Crippen LogP contribution in [0, 0.1) is 0 Å². The fourth-order valence-electron chi connectivity index (χ4n) is 0.947. The molecule has 0 aromatic heterocycles. The second-order valence-electron chi connectivity index (χ2n) is 2.74. The summed E-state index contributed by atoms with van der Waals surface area (Å²) in [7, 11) is 0. The smallest absolute Gasteiger partial charge is 0.0135 e. The van der Waals surface area contributed by atoms with Crippen molar-refractivity contribution in [2.45, 2.75) is 33.6 Å². The van der Waals surface area contributed by atoms with Gasteiger partial charge in [0.15, 0.2) is 0 Å². The summed E-state index contributed by atoms with van der Waals surface area (Å²) in [5.41, 5.74) is 1.41. The normalized spacial score (nSPS) is 27.2. The molecule has 0 spiro atoms. The fraction of sp³-hybridized carbons (Fsp3) is 0.385. The lowest BCUT2D eigenvalue weighted by Gasteiger charge is -1.92. The molecule has 0 fully saturated rings. The molecule has 0 atom stereocenters. The number of hydrogen-bond acceptors (Lipinski definition) is 0. The minimum absolute atomic E-state index is 1.04. The quantitative estimate of drug-likeness (QED) is 0.512. The molecule has 1 aliphatic rings. The van der Waals surface area contributed by atoms with Gasteiger partial charge >= 0.3 is 0 Å². The summed E-state index contributed by atoms with van der Waals surface area (Å²) < 4.78 is 0. The molecule has 0 aromatic rings. The average Bonchev–Trinajstić information content (AvgIpc) is 2.19. The molecule has 0 aliphatic heterocycles. The molecule has 0 heterocycles. The van der Waals surface area contributed by atoms with E-state index >= 15 is 0 Å². The maximum absolute atomic E-state index is 2.18. The summed E-state index contributed by atoms with van der Waals surface area (Å²) in [5, 5.41) is 0. The van der Waals surface area contributed by atoms with Crippen molar-refractivity contribution >= 4 is 0 Å². The molecular weight excluding hydrogens is 156 g/mol. The summed E-state index contributed by atoms with van der Waals surface area (Å²) in [6.45, 7) is 6.15. The Morgan fingerprint density at radius 3 is 2.31 bits per heavy atom. The SMILES string of the molecule is C/C1=C/C=C\C/C=C\C=C/C1.CC. The Morgan fingerprint density at radius 2 is 1.54 bits per heavy atom.